The number of primary amides is 1. The number of benzene rings is 1. The fourth-order valence-electron chi connectivity index (χ4n) is 1.05. The van der Waals surface area contributed by atoms with E-state index in [-0.39, 0.29) is 17.3 Å². The number of carbonyl (C=O) groups is 1. The van der Waals surface area contributed by atoms with Crippen LogP contribution in [0.1, 0.15) is 5.56 Å². The van der Waals surface area contributed by atoms with Gasteiger partial charge in [0.25, 0.3) is 0 Å². The van der Waals surface area contributed by atoms with E-state index in [2.05, 4.69) is 5.16 Å². The molecule has 6 heteroatoms. The molecule has 80 valence electrons. The van der Waals surface area contributed by atoms with Crippen molar-refractivity contribution in [2.75, 3.05) is 5.88 Å². The lowest BCUT2D eigenvalue weighted by Gasteiger charge is -2.07. The minimum Gasteiger partial charge on any atom is -0.411 e. The monoisotopic (exact) mass is 228 g/mol. The fourth-order valence-corrected chi connectivity index (χ4v) is 1.25. The highest BCUT2D eigenvalue weighted by Gasteiger charge is 2.11. The Morgan fingerprint density at radius 2 is 2.20 bits per heavy atom. The maximum absolute atomic E-state index is 10.6. The van der Waals surface area contributed by atoms with Crippen LogP contribution >= 0.6 is 11.6 Å². The van der Waals surface area contributed by atoms with Gasteiger partial charge in [0.15, 0.2) is 0 Å². The molecular weight excluding hydrogens is 220 g/mol. The van der Waals surface area contributed by atoms with Gasteiger partial charge in [-0.2, -0.15) is 0 Å². The van der Waals surface area contributed by atoms with E-state index in [9.17, 15) is 4.79 Å². The summed E-state index contributed by atoms with van der Waals surface area (Å²) in [7, 11) is 0. The number of oxime groups is 1. The molecule has 0 aliphatic rings. The Morgan fingerprint density at radius 1 is 1.53 bits per heavy atom. The van der Waals surface area contributed by atoms with E-state index in [0.29, 0.717) is 5.56 Å². The van der Waals surface area contributed by atoms with Crippen molar-refractivity contribution in [2.45, 2.75) is 0 Å². The number of halogens is 1. The number of nitrogens with zero attached hydrogens (tertiary/aromatic N) is 1. The second-order valence-electron chi connectivity index (χ2n) is 2.60. The van der Waals surface area contributed by atoms with E-state index in [1.165, 1.54) is 6.07 Å². The molecule has 0 aliphatic carbocycles. The minimum absolute atomic E-state index is 0.00433. The summed E-state index contributed by atoms with van der Waals surface area (Å²) in [5.41, 5.74) is 5.51. The van der Waals surface area contributed by atoms with Gasteiger partial charge in [-0.15, -0.1) is 11.6 Å². The Hall–Kier alpha value is -1.75. The number of amides is 1. The van der Waals surface area contributed by atoms with Gasteiger partial charge in [-0.3, -0.25) is 0 Å². The molecule has 1 rings (SSSR count). The van der Waals surface area contributed by atoms with Gasteiger partial charge in [-0.05, 0) is 12.1 Å². The lowest BCUT2D eigenvalue weighted by molar-refractivity contribution is 0.210. The van der Waals surface area contributed by atoms with E-state index < -0.39 is 6.09 Å². The van der Waals surface area contributed by atoms with Crippen LogP contribution in [0.5, 0.6) is 5.75 Å². The predicted molar refractivity (Wildman–Crippen MR) is 55.7 cm³/mol. The zero-order valence-electron chi connectivity index (χ0n) is 7.68. The molecule has 5 nitrogen and oxygen atoms in total. The summed E-state index contributed by atoms with van der Waals surface area (Å²) in [5.74, 6) is 0.203. The highest BCUT2D eigenvalue weighted by molar-refractivity contribution is 6.32. The molecule has 3 N–H and O–H groups in total. The zero-order chi connectivity index (χ0) is 11.3. The van der Waals surface area contributed by atoms with Crippen LogP contribution in [0.3, 0.4) is 0 Å². The molecule has 1 amide bonds. The van der Waals surface area contributed by atoms with Crippen molar-refractivity contribution < 1.29 is 14.7 Å². The standard InChI is InChI=1S/C9H9ClN2O3/c10-5-7(12-14)6-3-1-2-4-8(6)15-9(11)13/h1-4,14H,5H2,(H2,11,13). The Labute approximate surface area is 91.1 Å². The van der Waals surface area contributed by atoms with Crippen molar-refractivity contribution in [3.05, 3.63) is 29.8 Å². The first-order valence-electron chi connectivity index (χ1n) is 4.02. The number of rotatable bonds is 3. The second kappa shape index (κ2) is 5.21. The van der Waals surface area contributed by atoms with Gasteiger partial charge in [0.1, 0.15) is 11.5 Å². The molecule has 0 spiro atoms. The Balaban J connectivity index is 3.11. The smallest absolute Gasteiger partial charge is 0.409 e. The van der Waals surface area contributed by atoms with Crippen LogP contribution in [0.15, 0.2) is 29.4 Å². The largest absolute Gasteiger partial charge is 0.411 e. The lowest BCUT2D eigenvalue weighted by Crippen LogP contribution is -2.18. The predicted octanol–water partition coefficient (Wildman–Crippen LogP) is 1.56. The summed E-state index contributed by atoms with van der Waals surface area (Å²) in [6, 6.07) is 6.49. The summed E-state index contributed by atoms with van der Waals surface area (Å²) in [4.78, 5) is 10.6. The molecule has 0 atom stereocenters. The van der Waals surface area contributed by atoms with E-state index in [1.807, 2.05) is 0 Å². The van der Waals surface area contributed by atoms with Gasteiger partial charge in [0, 0.05) is 5.56 Å². The first-order chi connectivity index (χ1) is 7.19. The number of ether oxygens (including phenoxy) is 1. The highest BCUT2D eigenvalue weighted by atomic mass is 35.5. The first-order valence-corrected chi connectivity index (χ1v) is 4.56. The SMILES string of the molecule is NC(=O)Oc1ccccc1C(CCl)=NO. The average molecular weight is 229 g/mol. The van der Waals surface area contributed by atoms with Crippen LogP contribution in [0.25, 0.3) is 0 Å². The molecule has 1 aromatic carbocycles. The molecule has 0 radical (unpaired) electrons. The van der Waals surface area contributed by atoms with E-state index in [1.54, 1.807) is 18.2 Å². The van der Waals surface area contributed by atoms with Crippen LogP contribution in [0, 0.1) is 0 Å². The molecule has 0 saturated carbocycles. The maximum Gasteiger partial charge on any atom is 0.409 e. The third-order valence-corrected chi connectivity index (χ3v) is 1.91. The van der Waals surface area contributed by atoms with Gasteiger partial charge in [0.05, 0.1) is 5.88 Å². The second-order valence-corrected chi connectivity index (χ2v) is 2.86. The number of hydrogen-bond acceptors (Lipinski definition) is 4. The molecule has 0 heterocycles. The number of nitrogens with two attached hydrogens (primary N) is 1. The normalized spacial score (nSPS) is 11.1. The molecule has 15 heavy (non-hydrogen) atoms. The molecule has 0 aromatic heterocycles. The Bertz CT molecular complexity index is 393. The van der Waals surface area contributed by atoms with Crippen LogP contribution < -0.4 is 10.5 Å². The molecule has 0 fully saturated rings. The highest BCUT2D eigenvalue weighted by Crippen LogP contribution is 2.19. The van der Waals surface area contributed by atoms with Gasteiger partial charge < -0.3 is 15.7 Å². The Kier molecular flexibility index (Phi) is 3.93. The van der Waals surface area contributed by atoms with Gasteiger partial charge in [-0.25, -0.2) is 4.79 Å². The van der Waals surface area contributed by atoms with Crippen molar-refractivity contribution >= 4 is 23.4 Å². The maximum atomic E-state index is 10.6. The zero-order valence-corrected chi connectivity index (χ0v) is 8.44. The minimum atomic E-state index is -0.936. The number of carbonyl (C=O) groups excluding carboxylic acids is 1. The van der Waals surface area contributed by atoms with Crippen LogP contribution in [0.4, 0.5) is 4.79 Å². The molecular formula is C9H9ClN2O3. The van der Waals surface area contributed by atoms with Gasteiger partial charge in [-0.1, -0.05) is 17.3 Å². The Morgan fingerprint density at radius 3 is 2.73 bits per heavy atom. The van der Waals surface area contributed by atoms with Gasteiger partial charge >= 0.3 is 6.09 Å². The summed E-state index contributed by atoms with van der Waals surface area (Å²) in [5, 5.41) is 11.7. The number of hydrogen-bond donors (Lipinski definition) is 2. The first kappa shape index (κ1) is 11.3. The third kappa shape index (κ3) is 2.85. The van der Waals surface area contributed by atoms with Crippen LogP contribution in [-0.4, -0.2) is 22.9 Å². The van der Waals surface area contributed by atoms with E-state index in [4.69, 9.17) is 27.3 Å². The van der Waals surface area contributed by atoms with Crippen molar-refractivity contribution in [3.63, 3.8) is 0 Å². The van der Waals surface area contributed by atoms with E-state index in [0.717, 1.165) is 0 Å². The lowest BCUT2D eigenvalue weighted by atomic mass is 10.1. The van der Waals surface area contributed by atoms with Crippen molar-refractivity contribution in [2.24, 2.45) is 10.9 Å². The quantitative estimate of drug-likeness (QED) is 0.356. The molecule has 0 saturated heterocycles. The van der Waals surface area contributed by atoms with Crippen LogP contribution in [-0.2, 0) is 0 Å². The summed E-state index contributed by atoms with van der Waals surface area (Å²) >= 11 is 5.55. The number of alkyl halides is 1. The van der Waals surface area contributed by atoms with Crippen LogP contribution in [0.2, 0.25) is 0 Å². The van der Waals surface area contributed by atoms with Crippen molar-refractivity contribution in [3.8, 4) is 5.75 Å². The topological polar surface area (TPSA) is 84.9 Å². The molecule has 0 aliphatic heterocycles. The molecule has 1 aromatic rings. The fraction of sp³-hybridized carbons (Fsp3) is 0.111. The molecule has 0 unspecified atom stereocenters. The molecule has 0 bridgehead atoms. The summed E-state index contributed by atoms with van der Waals surface area (Å²) in [6.45, 7) is 0. The average Bonchev–Trinajstić information content (AvgIpc) is 2.21. The summed E-state index contributed by atoms with van der Waals surface area (Å²) < 4.78 is 4.72. The van der Waals surface area contributed by atoms with Crippen molar-refractivity contribution in [1.82, 2.24) is 0 Å². The van der Waals surface area contributed by atoms with E-state index >= 15 is 0 Å². The summed E-state index contributed by atoms with van der Waals surface area (Å²) in [6.07, 6.45) is -0.936. The third-order valence-electron chi connectivity index (χ3n) is 1.66. The number of para-hydroxylation sites is 1. The van der Waals surface area contributed by atoms with Crippen molar-refractivity contribution in [1.29, 1.82) is 0 Å². The van der Waals surface area contributed by atoms with Gasteiger partial charge in [0.2, 0.25) is 0 Å².